The zero-order chi connectivity index (χ0) is 17.2. The molecular weight excluding hydrogens is 352 g/mol. The number of aromatic nitrogens is 3. The van der Waals surface area contributed by atoms with E-state index in [1.807, 2.05) is 4.57 Å². The van der Waals surface area contributed by atoms with Crippen LogP contribution in [0.2, 0.25) is 5.02 Å². The van der Waals surface area contributed by atoms with E-state index in [1.54, 1.807) is 25.3 Å². The molecular formula is C15H19ClN4O3S. The molecule has 0 bridgehead atoms. The Labute approximate surface area is 146 Å². The van der Waals surface area contributed by atoms with Gasteiger partial charge in [-0.2, -0.15) is 0 Å². The fourth-order valence-electron chi connectivity index (χ4n) is 2.85. The van der Waals surface area contributed by atoms with Gasteiger partial charge in [0.05, 0.1) is 5.02 Å². The lowest BCUT2D eigenvalue weighted by Crippen LogP contribution is -2.35. The molecule has 0 fully saturated rings. The van der Waals surface area contributed by atoms with E-state index in [1.165, 1.54) is 6.07 Å². The molecule has 1 aromatic carbocycles. The van der Waals surface area contributed by atoms with Crippen molar-refractivity contribution in [3.05, 3.63) is 40.9 Å². The topological polar surface area (TPSA) is 86.1 Å². The Kier molecular flexibility index (Phi) is 5.19. The number of nitrogens with one attached hydrogen (secondary N) is 1. The summed E-state index contributed by atoms with van der Waals surface area (Å²) < 4.78 is 35.0. The van der Waals surface area contributed by atoms with Crippen LogP contribution < -0.4 is 4.72 Å². The summed E-state index contributed by atoms with van der Waals surface area (Å²) in [5.41, 5.74) is 0. The molecule has 0 aliphatic carbocycles. The zero-order valence-electron chi connectivity index (χ0n) is 13.3. The second kappa shape index (κ2) is 7.18. The molecule has 1 aliphatic heterocycles. The van der Waals surface area contributed by atoms with Crippen molar-refractivity contribution in [2.75, 3.05) is 7.11 Å². The van der Waals surface area contributed by atoms with Crippen molar-refractivity contribution in [1.29, 1.82) is 0 Å². The van der Waals surface area contributed by atoms with Crippen molar-refractivity contribution in [1.82, 2.24) is 19.5 Å². The molecule has 0 amide bonds. The van der Waals surface area contributed by atoms with Gasteiger partial charge in [0.1, 0.15) is 17.3 Å². The Morgan fingerprint density at radius 1 is 1.33 bits per heavy atom. The Morgan fingerprint density at radius 2 is 2.12 bits per heavy atom. The molecule has 7 nitrogen and oxygen atoms in total. The minimum atomic E-state index is -3.65. The molecule has 0 spiro atoms. The fraction of sp³-hybridized carbons (Fsp3) is 0.467. The summed E-state index contributed by atoms with van der Waals surface area (Å²) in [6, 6.07) is 6.26. The van der Waals surface area contributed by atoms with Gasteiger partial charge in [-0.05, 0) is 25.0 Å². The van der Waals surface area contributed by atoms with Gasteiger partial charge in [0.25, 0.3) is 0 Å². The van der Waals surface area contributed by atoms with Crippen molar-refractivity contribution in [3.8, 4) is 0 Å². The second-order valence-electron chi connectivity index (χ2n) is 5.69. The number of hydrogen-bond acceptors (Lipinski definition) is 5. The molecule has 9 heteroatoms. The average molecular weight is 371 g/mol. The first-order chi connectivity index (χ1) is 11.5. The van der Waals surface area contributed by atoms with Crippen LogP contribution in [0.5, 0.6) is 0 Å². The van der Waals surface area contributed by atoms with Crippen LogP contribution in [0.3, 0.4) is 0 Å². The minimum absolute atomic E-state index is 0.107. The zero-order valence-corrected chi connectivity index (χ0v) is 14.8. The van der Waals surface area contributed by atoms with Gasteiger partial charge < -0.3 is 9.30 Å². The molecule has 2 heterocycles. The summed E-state index contributed by atoms with van der Waals surface area (Å²) in [5, 5.41) is 8.51. The first-order valence-electron chi connectivity index (χ1n) is 7.68. The Bertz CT molecular complexity index is 822. The highest BCUT2D eigenvalue weighted by Gasteiger charge is 2.25. The normalized spacial score (nSPS) is 18.2. The smallest absolute Gasteiger partial charge is 0.242 e. The van der Waals surface area contributed by atoms with Gasteiger partial charge in [0.15, 0.2) is 5.82 Å². The number of nitrogens with zero attached hydrogens (tertiary/aromatic N) is 3. The Hall–Kier alpha value is -1.48. The van der Waals surface area contributed by atoms with Gasteiger partial charge in [-0.1, -0.05) is 23.7 Å². The van der Waals surface area contributed by atoms with Gasteiger partial charge in [-0.3, -0.25) is 0 Å². The third-order valence-corrected chi connectivity index (χ3v) is 6.06. The lowest BCUT2D eigenvalue weighted by molar-refractivity contribution is 0.173. The maximum atomic E-state index is 12.6. The number of hydrogen-bond donors (Lipinski definition) is 1. The molecule has 1 aliphatic rings. The van der Waals surface area contributed by atoms with Crippen molar-refractivity contribution < 1.29 is 13.2 Å². The van der Waals surface area contributed by atoms with Crippen molar-refractivity contribution in [3.63, 3.8) is 0 Å². The van der Waals surface area contributed by atoms with Crippen LogP contribution in [0, 0.1) is 0 Å². The summed E-state index contributed by atoms with van der Waals surface area (Å²) in [5.74, 6) is 1.63. The van der Waals surface area contributed by atoms with Gasteiger partial charge >= 0.3 is 0 Å². The van der Waals surface area contributed by atoms with Crippen molar-refractivity contribution >= 4 is 21.6 Å². The summed E-state index contributed by atoms with van der Waals surface area (Å²) in [7, 11) is -2.04. The van der Waals surface area contributed by atoms with Crippen LogP contribution in [0.4, 0.5) is 0 Å². The number of fused-ring (bicyclic) bond motifs is 1. The van der Waals surface area contributed by atoms with Crippen LogP contribution in [0.1, 0.15) is 24.5 Å². The summed E-state index contributed by atoms with van der Waals surface area (Å²) >= 11 is 6.01. The van der Waals surface area contributed by atoms with Gasteiger partial charge in [0, 0.05) is 26.1 Å². The largest absolute Gasteiger partial charge is 0.377 e. The lowest BCUT2D eigenvalue weighted by Gasteiger charge is -2.17. The molecule has 0 radical (unpaired) electrons. The van der Waals surface area contributed by atoms with Crippen LogP contribution >= 0.6 is 11.6 Å². The average Bonchev–Trinajstić information content (AvgIpc) is 2.81. The van der Waals surface area contributed by atoms with E-state index in [0.29, 0.717) is 32.4 Å². The SMILES string of the molecule is COCc1nnc2n1CCC(NS(=O)(=O)c1ccccc1Cl)CC2. The number of aryl methyl sites for hydroxylation is 1. The van der Waals surface area contributed by atoms with E-state index in [2.05, 4.69) is 14.9 Å². The van der Waals surface area contributed by atoms with E-state index < -0.39 is 10.0 Å². The van der Waals surface area contributed by atoms with E-state index >= 15 is 0 Å². The highest BCUT2D eigenvalue weighted by atomic mass is 35.5. The predicted octanol–water partition coefficient (Wildman–Crippen LogP) is 1.76. The summed E-state index contributed by atoms with van der Waals surface area (Å²) in [6.07, 6.45) is 1.98. The van der Waals surface area contributed by atoms with Crippen LogP contribution in [-0.4, -0.2) is 36.3 Å². The number of sulfonamides is 1. The van der Waals surface area contributed by atoms with Crippen LogP contribution in [0.25, 0.3) is 0 Å². The fourth-order valence-corrected chi connectivity index (χ4v) is 4.67. The third-order valence-electron chi connectivity index (χ3n) is 4.04. The van der Waals surface area contributed by atoms with Crippen molar-refractivity contribution in [2.24, 2.45) is 0 Å². The molecule has 1 atom stereocenters. The summed E-state index contributed by atoms with van der Waals surface area (Å²) in [6.45, 7) is 1.04. The number of ether oxygens (including phenoxy) is 1. The number of rotatable bonds is 5. The van der Waals surface area contributed by atoms with E-state index in [4.69, 9.17) is 16.3 Å². The molecule has 1 N–H and O–H groups in total. The lowest BCUT2D eigenvalue weighted by atomic mass is 10.1. The van der Waals surface area contributed by atoms with Crippen molar-refractivity contribution in [2.45, 2.75) is 43.4 Å². The van der Waals surface area contributed by atoms with Gasteiger partial charge in [-0.15, -0.1) is 10.2 Å². The molecule has 24 heavy (non-hydrogen) atoms. The molecule has 0 saturated carbocycles. The van der Waals surface area contributed by atoms with E-state index in [9.17, 15) is 8.42 Å². The molecule has 0 saturated heterocycles. The molecule has 2 aromatic rings. The highest BCUT2D eigenvalue weighted by molar-refractivity contribution is 7.89. The Balaban J connectivity index is 1.73. The molecule has 130 valence electrons. The summed E-state index contributed by atoms with van der Waals surface area (Å²) in [4.78, 5) is 0.107. The molecule has 1 aromatic heterocycles. The maximum absolute atomic E-state index is 12.6. The molecule has 3 rings (SSSR count). The highest BCUT2D eigenvalue weighted by Crippen LogP contribution is 2.22. The first kappa shape index (κ1) is 17.3. The molecule has 1 unspecified atom stereocenters. The second-order valence-corrected chi connectivity index (χ2v) is 7.78. The van der Waals surface area contributed by atoms with Crippen LogP contribution in [0.15, 0.2) is 29.2 Å². The third kappa shape index (κ3) is 3.61. The number of halogens is 1. The monoisotopic (exact) mass is 370 g/mol. The minimum Gasteiger partial charge on any atom is -0.377 e. The van der Waals surface area contributed by atoms with Gasteiger partial charge in [-0.25, -0.2) is 13.1 Å². The predicted molar refractivity (Wildman–Crippen MR) is 89.2 cm³/mol. The quantitative estimate of drug-likeness (QED) is 0.866. The van der Waals surface area contributed by atoms with Crippen LogP contribution in [-0.2, 0) is 34.3 Å². The van der Waals surface area contributed by atoms with Gasteiger partial charge in [0.2, 0.25) is 10.0 Å². The number of benzene rings is 1. The standard InChI is InChI=1S/C15H19ClN4O3S/c1-23-10-15-18-17-14-7-6-11(8-9-20(14)15)19-24(21,22)13-5-3-2-4-12(13)16/h2-5,11,19H,6-10H2,1H3. The Morgan fingerprint density at radius 3 is 2.88 bits per heavy atom. The van der Waals surface area contributed by atoms with E-state index in [-0.39, 0.29) is 16.0 Å². The van der Waals surface area contributed by atoms with E-state index in [0.717, 1.165) is 11.6 Å². The first-order valence-corrected chi connectivity index (χ1v) is 9.54. The number of methoxy groups -OCH3 is 1. The maximum Gasteiger partial charge on any atom is 0.242 e.